The number of hydrogen-bond donors (Lipinski definition) is 1. The average molecular weight is 319 g/mol. The van der Waals surface area contributed by atoms with Gasteiger partial charge in [-0.1, -0.05) is 19.4 Å². The summed E-state index contributed by atoms with van der Waals surface area (Å²) in [5, 5.41) is 2.89. The van der Waals surface area contributed by atoms with Gasteiger partial charge in [-0.2, -0.15) is 0 Å². The Kier molecular flexibility index (Phi) is 8.33. The molecule has 0 fully saturated rings. The zero-order valence-electron chi connectivity index (χ0n) is 14.8. The Morgan fingerprint density at radius 1 is 1.04 bits per heavy atom. The summed E-state index contributed by atoms with van der Waals surface area (Å²) in [5.41, 5.74) is 1.09. The minimum absolute atomic E-state index is 0.0410. The molecule has 0 spiro atoms. The minimum atomic E-state index is -0.130. The molecule has 0 aliphatic heterocycles. The van der Waals surface area contributed by atoms with Crippen molar-refractivity contribution in [2.24, 2.45) is 0 Å². The highest BCUT2D eigenvalue weighted by atomic mass is 16.2. The van der Waals surface area contributed by atoms with Crippen LogP contribution in [0.25, 0.3) is 0 Å². The number of benzene rings is 1. The fourth-order valence-corrected chi connectivity index (χ4v) is 2.21. The first-order valence-corrected chi connectivity index (χ1v) is 8.24. The molecule has 1 aromatic rings. The summed E-state index contributed by atoms with van der Waals surface area (Å²) in [7, 11) is 5.81. The van der Waals surface area contributed by atoms with Crippen LogP contribution in [0.15, 0.2) is 24.3 Å². The van der Waals surface area contributed by atoms with Crippen molar-refractivity contribution in [2.75, 3.05) is 40.8 Å². The van der Waals surface area contributed by atoms with Gasteiger partial charge < -0.3 is 15.1 Å². The third kappa shape index (κ3) is 6.82. The molecule has 0 unspecified atom stereocenters. The first-order valence-electron chi connectivity index (χ1n) is 8.24. The molecule has 2 amide bonds. The van der Waals surface area contributed by atoms with E-state index in [1.54, 1.807) is 36.2 Å². The number of nitrogens with zero attached hydrogens (tertiary/aromatic N) is 2. The van der Waals surface area contributed by atoms with Gasteiger partial charge in [-0.25, -0.2) is 0 Å². The van der Waals surface area contributed by atoms with Gasteiger partial charge in [0.25, 0.3) is 11.8 Å². The van der Waals surface area contributed by atoms with Gasteiger partial charge in [-0.3, -0.25) is 9.59 Å². The SMILES string of the molecule is CCCCN(C)C(=O)c1cccc(C(=O)NCCCN(C)C)c1. The van der Waals surface area contributed by atoms with E-state index in [-0.39, 0.29) is 11.8 Å². The minimum Gasteiger partial charge on any atom is -0.352 e. The van der Waals surface area contributed by atoms with Crippen molar-refractivity contribution < 1.29 is 9.59 Å². The van der Waals surface area contributed by atoms with Crippen LogP contribution in [0.1, 0.15) is 46.9 Å². The second-order valence-corrected chi connectivity index (χ2v) is 6.07. The lowest BCUT2D eigenvalue weighted by atomic mass is 10.1. The van der Waals surface area contributed by atoms with Gasteiger partial charge >= 0.3 is 0 Å². The van der Waals surface area contributed by atoms with Gasteiger partial charge in [0.05, 0.1) is 0 Å². The van der Waals surface area contributed by atoms with Crippen molar-refractivity contribution in [3.05, 3.63) is 35.4 Å². The van der Waals surface area contributed by atoms with E-state index < -0.39 is 0 Å². The van der Waals surface area contributed by atoms with Crippen molar-refractivity contribution in [3.63, 3.8) is 0 Å². The van der Waals surface area contributed by atoms with Crippen LogP contribution >= 0.6 is 0 Å². The number of unbranched alkanes of at least 4 members (excludes halogenated alkanes) is 1. The monoisotopic (exact) mass is 319 g/mol. The Hall–Kier alpha value is -1.88. The Morgan fingerprint density at radius 2 is 1.74 bits per heavy atom. The molecular formula is C18H29N3O2. The fraction of sp³-hybridized carbons (Fsp3) is 0.556. The Balaban J connectivity index is 2.61. The first-order chi connectivity index (χ1) is 11.0. The Bertz CT molecular complexity index is 515. The Labute approximate surface area is 139 Å². The van der Waals surface area contributed by atoms with Crippen molar-refractivity contribution in [1.82, 2.24) is 15.1 Å². The molecule has 0 aliphatic rings. The van der Waals surface area contributed by atoms with E-state index >= 15 is 0 Å². The number of amides is 2. The molecule has 1 rings (SSSR count). The van der Waals surface area contributed by atoms with Crippen molar-refractivity contribution in [1.29, 1.82) is 0 Å². The van der Waals surface area contributed by atoms with Crippen LogP contribution in [0, 0.1) is 0 Å². The largest absolute Gasteiger partial charge is 0.352 e. The summed E-state index contributed by atoms with van der Waals surface area (Å²) >= 11 is 0. The molecule has 0 bridgehead atoms. The maximum absolute atomic E-state index is 12.3. The van der Waals surface area contributed by atoms with Crippen LogP contribution in [0.5, 0.6) is 0 Å². The van der Waals surface area contributed by atoms with Crippen LogP contribution < -0.4 is 5.32 Å². The zero-order valence-corrected chi connectivity index (χ0v) is 14.8. The lowest BCUT2D eigenvalue weighted by Crippen LogP contribution is -2.29. The first kappa shape index (κ1) is 19.2. The summed E-state index contributed by atoms with van der Waals surface area (Å²) in [6.45, 7) is 4.39. The highest BCUT2D eigenvalue weighted by molar-refractivity contribution is 5.99. The summed E-state index contributed by atoms with van der Waals surface area (Å²) in [6.07, 6.45) is 2.93. The molecule has 0 saturated heterocycles. The van der Waals surface area contributed by atoms with Crippen LogP contribution in [0.4, 0.5) is 0 Å². The average Bonchev–Trinajstić information content (AvgIpc) is 2.55. The lowest BCUT2D eigenvalue weighted by Gasteiger charge is -2.17. The molecule has 0 heterocycles. The van der Waals surface area contributed by atoms with Crippen LogP contribution in [-0.4, -0.2) is 62.4 Å². The van der Waals surface area contributed by atoms with E-state index in [0.29, 0.717) is 17.7 Å². The number of rotatable bonds is 9. The summed E-state index contributed by atoms with van der Waals surface area (Å²) < 4.78 is 0. The zero-order chi connectivity index (χ0) is 17.2. The second-order valence-electron chi connectivity index (χ2n) is 6.07. The van der Waals surface area contributed by atoms with Gasteiger partial charge in [-0.05, 0) is 51.7 Å². The molecule has 0 aromatic heterocycles. The molecule has 0 radical (unpaired) electrons. The van der Waals surface area contributed by atoms with Gasteiger partial charge in [0.2, 0.25) is 0 Å². The molecule has 1 N–H and O–H groups in total. The van der Waals surface area contributed by atoms with E-state index in [1.165, 1.54) is 0 Å². The van der Waals surface area contributed by atoms with Crippen molar-refractivity contribution in [3.8, 4) is 0 Å². The lowest BCUT2D eigenvalue weighted by molar-refractivity contribution is 0.0793. The highest BCUT2D eigenvalue weighted by Crippen LogP contribution is 2.09. The standard InChI is InChI=1S/C18H29N3O2/c1-5-6-13-21(4)18(23)16-10-7-9-15(14-16)17(22)19-11-8-12-20(2)3/h7,9-10,14H,5-6,8,11-13H2,1-4H3,(H,19,22). The van der Waals surface area contributed by atoms with E-state index in [1.807, 2.05) is 14.1 Å². The summed E-state index contributed by atoms with van der Waals surface area (Å²) in [5.74, 6) is -0.171. The molecule has 23 heavy (non-hydrogen) atoms. The molecular weight excluding hydrogens is 290 g/mol. The van der Waals surface area contributed by atoms with Crippen LogP contribution in [0.2, 0.25) is 0 Å². The Morgan fingerprint density at radius 3 is 2.39 bits per heavy atom. The molecule has 5 nitrogen and oxygen atoms in total. The van der Waals surface area contributed by atoms with E-state index in [9.17, 15) is 9.59 Å². The van der Waals surface area contributed by atoms with E-state index in [2.05, 4.69) is 17.1 Å². The third-order valence-corrected chi connectivity index (χ3v) is 3.63. The molecule has 0 aliphatic carbocycles. The highest BCUT2D eigenvalue weighted by Gasteiger charge is 2.13. The smallest absolute Gasteiger partial charge is 0.253 e. The van der Waals surface area contributed by atoms with Gasteiger partial charge in [0, 0.05) is 31.3 Å². The topological polar surface area (TPSA) is 52.7 Å². The molecule has 128 valence electrons. The number of carbonyl (C=O) groups excluding carboxylic acids is 2. The number of carbonyl (C=O) groups is 2. The maximum atomic E-state index is 12.3. The van der Waals surface area contributed by atoms with E-state index in [0.717, 1.165) is 32.4 Å². The third-order valence-electron chi connectivity index (χ3n) is 3.63. The fourth-order valence-electron chi connectivity index (χ4n) is 2.21. The molecule has 0 atom stereocenters. The van der Waals surface area contributed by atoms with Crippen molar-refractivity contribution >= 4 is 11.8 Å². The second kappa shape index (κ2) is 10.0. The summed E-state index contributed by atoms with van der Waals surface area (Å²) in [6, 6.07) is 6.93. The molecule has 5 heteroatoms. The van der Waals surface area contributed by atoms with Crippen LogP contribution in [0.3, 0.4) is 0 Å². The van der Waals surface area contributed by atoms with Crippen LogP contribution in [-0.2, 0) is 0 Å². The maximum Gasteiger partial charge on any atom is 0.253 e. The molecule has 0 saturated carbocycles. The molecule has 1 aromatic carbocycles. The number of nitrogens with one attached hydrogen (secondary N) is 1. The predicted molar refractivity (Wildman–Crippen MR) is 93.8 cm³/mol. The summed E-state index contributed by atoms with van der Waals surface area (Å²) in [4.78, 5) is 28.3. The normalized spacial score (nSPS) is 10.7. The predicted octanol–water partition coefficient (Wildman–Crippen LogP) is 2.24. The van der Waals surface area contributed by atoms with E-state index in [4.69, 9.17) is 0 Å². The quantitative estimate of drug-likeness (QED) is 0.710. The van der Waals surface area contributed by atoms with Gasteiger partial charge in [0.15, 0.2) is 0 Å². The van der Waals surface area contributed by atoms with Gasteiger partial charge in [0.1, 0.15) is 0 Å². The van der Waals surface area contributed by atoms with Crippen molar-refractivity contribution in [2.45, 2.75) is 26.2 Å². The van der Waals surface area contributed by atoms with Gasteiger partial charge in [-0.15, -0.1) is 0 Å². The number of hydrogen-bond acceptors (Lipinski definition) is 3.